The standard InChI is InChI=1S/C19H29N5S2.HI/c1-3-18-23-15(14-26-18)8-9-21-19(20-2)22-13-16(17-7-6-12-25-17)24-10-4-5-11-24;/h6-7,12,14,16H,3-5,8-11,13H2,1-2H3,(H2,20,21,22);1H. The molecule has 0 bridgehead atoms. The Morgan fingerprint density at radius 2 is 2.11 bits per heavy atom. The summed E-state index contributed by atoms with van der Waals surface area (Å²) in [7, 11) is 1.84. The highest BCUT2D eigenvalue weighted by Gasteiger charge is 2.24. The van der Waals surface area contributed by atoms with E-state index in [1.165, 1.54) is 41.5 Å². The molecule has 0 radical (unpaired) electrons. The SMILES string of the molecule is CCc1nc(CCNC(=NC)NCC(c2cccs2)N2CCCC2)cs1.I. The van der Waals surface area contributed by atoms with Crippen molar-refractivity contribution in [3.8, 4) is 0 Å². The number of aromatic nitrogens is 1. The van der Waals surface area contributed by atoms with Gasteiger partial charge in [0.2, 0.25) is 0 Å². The number of likely N-dealkylation sites (tertiary alicyclic amines) is 1. The van der Waals surface area contributed by atoms with Crippen LogP contribution in [0.25, 0.3) is 0 Å². The third-order valence-corrected chi connectivity index (χ3v) is 6.73. The number of aryl methyl sites for hydroxylation is 1. The summed E-state index contributed by atoms with van der Waals surface area (Å²) in [6.07, 6.45) is 4.56. The second-order valence-corrected chi connectivity index (χ2v) is 8.41. The van der Waals surface area contributed by atoms with Crippen molar-refractivity contribution in [1.29, 1.82) is 0 Å². The monoisotopic (exact) mass is 519 g/mol. The van der Waals surface area contributed by atoms with E-state index in [0.717, 1.165) is 31.9 Å². The Morgan fingerprint density at radius 1 is 1.30 bits per heavy atom. The van der Waals surface area contributed by atoms with E-state index in [0.29, 0.717) is 6.04 Å². The largest absolute Gasteiger partial charge is 0.356 e. The fraction of sp³-hybridized carbons (Fsp3) is 0.579. The van der Waals surface area contributed by atoms with E-state index in [4.69, 9.17) is 0 Å². The van der Waals surface area contributed by atoms with Crippen LogP contribution in [-0.4, -0.2) is 49.1 Å². The molecule has 1 atom stereocenters. The second kappa shape index (κ2) is 12.0. The Morgan fingerprint density at radius 3 is 2.74 bits per heavy atom. The minimum atomic E-state index is 0. The molecular formula is C19H30IN5S2. The molecule has 0 amide bonds. The molecule has 1 saturated heterocycles. The molecule has 150 valence electrons. The van der Waals surface area contributed by atoms with Gasteiger partial charge in [0.05, 0.1) is 16.7 Å². The fourth-order valence-corrected chi connectivity index (χ4v) is 4.93. The molecule has 0 aliphatic carbocycles. The van der Waals surface area contributed by atoms with Crippen LogP contribution in [0.3, 0.4) is 0 Å². The smallest absolute Gasteiger partial charge is 0.191 e. The van der Waals surface area contributed by atoms with E-state index in [1.54, 1.807) is 11.3 Å². The van der Waals surface area contributed by atoms with Crippen LogP contribution in [0.1, 0.15) is 41.4 Å². The van der Waals surface area contributed by atoms with E-state index in [2.05, 4.69) is 55.3 Å². The zero-order valence-corrected chi connectivity index (χ0v) is 20.1. The van der Waals surface area contributed by atoms with Gasteiger partial charge in [-0.2, -0.15) is 0 Å². The van der Waals surface area contributed by atoms with Crippen molar-refractivity contribution in [3.05, 3.63) is 38.5 Å². The minimum Gasteiger partial charge on any atom is -0.356 e. The zero-order chi connectivity index (χ0) is 18.2. The maximum absolute atomic E-state index is 4.62. The molecule has 0 aromatic carbocycles. The number of hydrogen-bond donors (Lipinski definition) is 2. The lowest BCUT2D eigenvalue weighted by molar-refractivity contribution is 0.249. The van der Waals surface area contributed by atoms with Crippen LogP contribution in [0.5, 0.6) is 0 Å². The maximum Gasteiger partial charge on any atom is 0.191 e. The molecule has 1 unspecified atom stereocenters. The number of aliphatic imine (C=N–C) groups is 1. The van der Waals surface area contributed by atoms with Crippen molar-refractivity contribution >= 4 is 52.6 Å². The molecule has 3 heterocycles. The topological polar surface area (TPSA) is 52.6 Å². The fourth-order valence-electron chi connectivity index (χ4n) is 3.29. The molecule has 27 heavy (non-hydrogen) atoms. The lowest BCUT2D eigenvalue weighted by Gasteiger charge is -2.27. The first-order valence-electron chi connectivity index (χ1n) is 9.45. The summed E-state index contributed by atoms with van der Waals surface area (Å²) in [4.78, 5) is 13.0. The molecule has 1 aliphatic rings. The number of thiazole rings is 1. The summed E-state index contributed by atoms with van der Waals surface area (Å²) in [5.41, 5.74) is 1.17. The van der Waals surface area contributed by atoms with E-state index >= 15 is 0 Å². The van der Waals surface area contributed by atoms with Gasteiger partial charge in [0.25, 0.3) is 0 Å². The van der Waals surface area contributed by atoms with E-state index in [9.17, 15) is 0 Å². The lowest BCUT2D eigenvalue weighted by atomic mass is 10.2. The summed E-state index contributed by atoms with van der Waals surface area (Å²) in [5, 5.41) is 12.5. The highest BCUT2D eigenvalue weighted by Crippen LogP contribution is 2.27. The summed E-state index contributed by atoms with van der Waals surface area (Å²) in [6.45, 7) is 6.27. The molecule has 1 aliphatic heterocycles. The van der Waals surface area contributed by atoms with Gasteiger partial charge in [0.15, 0.2) is 5.96 Å². The summed E-state index contributed by atoms with van der Waals surface area (Å²) >= 11 is 3.60. The Balaban J connectivity index is 0.00000261. The third kappa shape index (κ3) is 6.69. The van der Waals surface area contributed by atoms with Crippen LogP contribution < -0.4 is 10.6 Å². The minimum absolute atomic E-state index is 0. The molecule has 8 heteroatoms. The zero-order valence-electron chi connectivity index (χ0n) is 16.1. The van der Waals surface area contributed by atoms with Crippen molar-refractivity contribution in [1.82, 2.24) is 20.5 Å². The van der Waals surface area contributed by atoms with Crippen molar-refractivity contribution < 1.29 is 0 Å². The van der Waals surface area contributed by atoms with Gasteiger partial charge in [0, 0.05) is 36.8 Å². The first-order valence-corrected chi connectivity index (χ1v) is 11.2. The molecule has 1 fully saturated rings. The number of nitrogens with zero attached hydrogens (tertiary/aromatic N) is 3. The Hall–Kier alpha value is -0.710. The quantitative estimate of drug-likeness (QED) is 0.315. The van der Waals surface area contributed by atoms with Gasteiger partial charge in [-0.1, -0.05) is 13.0 Å². The molecule has 2 N–H and O–H groups in total. The van der Waals surface area contributed by atoms with Crippen molar-refractivity contribution in [2.75, 3.05) is 33.2 Å². The van der Waals surface area contributed by atoms with Crippen LogP contribution in [-0.2, 0) is 12.8 Å². The van der Waals surface area contributed by atoms with Crippen molar-refractivity contribution in [3.63, 3.8) is 0 Å². The summed E-state index contributed by atoms with van der Waals surface area (Å²) < 4.78 is 0. The van der Waals surface area contributed by atoms with Gasteiger partial charge < -0.3 is 10.6 Å². The molecule has 0 saturated carbocycles. The predicted molar refractivity (Wildman–Crippen MR) is 128 cm³/mol. The third-order valence-electron chi connectivity index (χ3n) is 4.71. The first kappa shape index (κ1) is 22.6. The number of rotatable bonds is 8. The maximum atomic E-state index is 4.62. The number of hydrogen-bond acceptors (Lipinski definition) is 5. The van der Waals surface area contributed by atoms with Crippen LogP contribution in [0.4, 0.5) is 0 Å². The highest BCUT2D eigenvalue weighted by molar-refractivity contribution is 14.0. The lowest BCUT2D eigenvalue weighted by Crippen LogP contribution is -2.43. The molecule has 3 rings (SSSR count). The van der Waals surface area contributed by atoms with Crippen LogP contribution in [0.15, 0.2) is 27.9 Å². The summed E-state index contributed by atoms with van der Waals surface area (Å²) in [5.74, 6) is 0.872. The first-order chi connectivity index (χ1) is 12.8. The number of thiophene rings is 1. The summed E-state index contributed by atoms with van der Waals surface area (Å²) in [6, 6.07) is 4.83. The van der Waals surface area contributed by atoms with Gasteiger partial charge in [-0.05, 0) is 43.8 Å². The Bertz CT molecular complexity index is 680. The average molecular weight is 520 g/mol. The average Bonchev–Trinajstić information content (AvgIpc) is 3.42. The Kier molecular flexibility index (Phi) is 10.0. The van der Waals surface area contributed by atoms with E-state index in [1.807, 2.05) is 18.4 Å². The predicted octanol–water partition coefficient (Wildman–Crippen LogP) is 3.93. The van der Waals surface area contributed by atoms with Gasteiger partial charge >= 0.3 is 0 Å². The molecule has 2 aromatic rings. The van der Waals surface area contributed by atoms with Gasteiger partial charge in [-0.3, -0.25) is 9.89 Å². The van der Waals surface area contributed by atoms with Crippen molar-refractivity contribution in [2.45, 2.75) is 38.6 Å². The van der Waals surface area contributed by atoms with E-state index < -0.39 is 0 Å². The van der Waals surface area contributed by atoms with E-state index in [-0.39, 0.29) is 24.0 Å². The second-order valence-electron chi connectivity index (χ2n) is 6.49. The number of halogens is 1. The van der Waals surface area contributed by atoms with Gasteiger partial charge in [0.1, 0.15) is 0 Å². The molecule has 2 aromatic heterocycles. The molecule has 5 nitrogen and oxygen atoms in total. The Labute approximate surface area is 187 Å². The van der Waals surface area contributed by atoms with Crippen LogP contribution >= 0.6 is 46.7 Å². The van der Waals surface area contributed by atoms with Crippen LogP contribution in [0.2, 0.25) is 0 Å². The van der Waals surface area contributed by atoms with Gasteiger partial charge in [-0.25, -0.2) is 4.98 Å². The van der Waals surface area contributed by atoms with Crippen molar-refractivity contribution in [2.24, 2.45) is 4.99 Å². The highest BCUT2D eigenvalue weighted by atomic mass is 127. The van der Waals surface area contributed by atoms with Crippen LogP contribution in [0, 0.1) is 0 Å². The number of guanidine groups is 1. The number of nitrogens with one attached hydrogen (secondary N) is 2. The molecular weight excluding hydrogens is 489 g/mol. The van der Waals surface area contributed by atoms with Gasteiger partial charge in [-0.15, -0.1) is 46.7 Å². The normalized spacial score (nSPS) is 16.1. The molecule has 0 spiro atoms.